The number of rotatable bonds is 5. The number of ether oxygens (including phenoxy) is 1. The van der Waals surface area contributed by atoms with Gasteiger partial charge in [0.1, 0.15) is 16.7 Å². The molecule has 0 aliphatic heterocycles. The smallest absolute Gasteiger partial charge is 0.407 e. The SMILES string of the molecule is COC(=O)NC(CC(C)[SH](=O)=O)C(=O)O. The first kappa shape index (κ1) is 13.7. The molecule has 2 atom stereocenters. The van der Waals surface area contributed by atoms with Crippen molar-refractivity contribution < 1.29 is 27.9 Å². The van der Waals surface area contributed by atoms with Crippen LogP contribution in [0.4, 0.5) is 4.79 Å². The van der Waals surface area contributed by atoms with Gasteiger partial charge in [-0.25, -0.2) is 18.0 Å². The summed E-state index contributed by atoms with van der Waals surface area (Å²) in [5.41, 5.74) is 0. The molecule has 0 fully saturated rings. The van der Waals surface area contributed by atoms with Crippen molar-refractivity contribution in [2.45, 2.75) is 24.6 Å². The van der Waals surface area contributed by atoms with E-state index in [1.54, 1.807) is 0 Å². The summed E-state index contributed by atoms with van der Waals surface area (Å²) in [6, 6.07) is -1.26. The van der Waals surface area contributed by atoms with E-state index in [1.165, 1.54) is 6.92 Å². The summed E-state index contributed by atoms with van der Waals surface area (Å²) in [4.78, 5) is 21.4. The molecule has 8 heteroatoms. The Balaban J connectivity index is 4.41. The highest BCUT2D eigenvalue weighted by atomic mass is 32.2. The van der Waals surface area contributed by atoms with Crippen molar-refractivity contribution in [1.29, 1.82) is 0 Å². The fourth-order valence-corrected chi connectivity index (χ4v) is 1.23. The average Bonchev–Trinajstić information content (AvgIpc) is 2.15. The second-order valence-corrected chi connectivity index (χ2v) is 4.35. The fraction of sp³-hybridized carbons (Fsp3) is 0.714. The molecule has 0 bridgehead atoms. The molecule has 0 aliphatic carbocycles. The number of amides is 1. The van der Waals surface area contributed by atoms with E-state index in [9.17, 15) is 18.0 Å². The Labute approximate surface area is 88.4 Å². The van der Waals surface area contributed by atoms with Gasteiger partial charge in [0.2, 0.25) is 0 Å². The summed E-state index contributed by atoms with van der Waals surface area (Å²) in [7, 11) is -1.61. The zero-order chi connectivity index (χ0) is 12.0. The molecular weight excluding hydrogens is 226 g/mol. The lowest BCUT2D eigenvalue weighted by Crippen LogP contribution is -2.42. The number of thiol groups is 1. The molecule has 0 aromatic rings. The molecule has 0 aromatic heterocycles. The Bertz CT molecular complexity index is 305. The molecule has 0 saturated carbocycles. The average molecular weight is 239 g/mol. The number of methoxy groups -OCH3 is 1. The van der Waals surface area contributed by atoms with Crippen LogP contribution in [0.15, 0.2) is 0 Å². The second kappa shape index (κ2) is 6.23. The molecule has 1 amide bonds. The number of carboxylic acids is 1. The van der Waals surface area contributed by atoms with E-state index in [0.717, 1.165) is 7.11 Å². The Morgan fingerprint density at radius 3 is 2.33 bits per heavy atom. The Hall–Kier alpha value is -1.31. The molecule has 0 aromatic carbocycles. The van der Waals surface area contributed by atoms with Crippen LogP contribution in [0, 0.1) is 0 Å². The number of aliphatic carboxylic acids is 1. The third-order valence-electron chi connectivity index (χ3n) is 1.71. The lowest BCUT2D eigenvalue weighted by Gasteiger charge is -2.14. The van der Waals surface area contributed by atoms with Crippen LogP contribution >= 0.6 is 0 Å². The molecule has 0 saturated heterocycles. The van der Waals surface area contributed by atoms with E-state index >= 15 is 0 Å². The first-order chi connectivity index (χ1) is 6.88. The molecule has 88 valence electrons. The number of carboxylic acid groups (broad SMARTS) is 1. The van der Waals surface area contributed by atoms with Gasteiger partial charge in [0.15, 0.2) is 0 Å². The zero-order valence-corrected chi connectivity index (χ0v) is 9.19. The van der Waals surface area contributed by atoms with Crippen molar-refractivity contribution >= 4 is 22.8 Å². The van der Waals surface area contributed by atoms with Gasteiger partial charge < -0.3 is 15.2 Å². The third-order valence-corrected chi connectivity index (χ3v) is 2.64. The van der Waals surface area contributed by atoms with Gasteiger partial charge in [-0.3, -0.25) is 0 Å². The van der Waals surface area contributed by atoms with Gasteiger partial charge in [0, 0.05) is 0 Å². The Morgan fingerprint density at radius 1 is 1.47 bits per heavy atom. The molecular formula is C7H13NO6S. The van der Waals surface area contributed by atoms with Crippen LogP contribution in [-0.4, -0.2) is 44.0 Å². The van der Waals surface area contributed by atoms with Crippen LogP contribution in [0.5, 0.6) is 0 Å². The minimum absolute atomic E-state index is 0.191. The maximum Gasteiger partial charge on any atom is 0.407 e. The highest BCUT2D eigenvalue weighted by molar-refractivity contribution is 7.73. The molecule has 0 spiro atoms. The van der Waals surface area contributed by atoms with Crippen LogP contribution < -0.4 is 5.32 Å². The zero-order valence-electron chi connectivity index (χ0n) is 8.30. The number of hydrogen-bond acceptors (Lipinski definition) is 5. The first-order valence-electron chi connectivity index (χ1n) is 4.09. The molecule has 2 unspecified atom stereocenters. The van der Waals surface area contributed by atoms with Crippen molar-refractivity contribution in [3.63, 3.8) is 0 Å². The summed E-state index contributed by atoms with van der Waals surface area (Å²) < 4.78 is 25.2. The van der Waals surface area contributed by atoms with Crippen molar-refractivity contribution in [2.24, 2.45) is 0 Å². The topological polar surface area (TPSA) is 110 Å². The second-order valence-electron chi connectivity index (χ2n) is 2.90. The van der Waals surface area contributed by atoms with E-state index in [0.29, 0.717) is 0 Å². The minimum atomic E-state index is -2.70. The summed E-state index contributed by atoms with van der Waals surface area (Å²) in [5.74, 6) is -1.30. The quantitative estimate of drug-likeness (QED) is 0.541. The van der Waals surface area contributed by atoms with Gasteiger partial charge in [0.25, 0.3) is 0 Å². The van der Waals surface area contributed by atoms with Crippen LogP contribution in [0.2, 0.25) is 0 Å². The maximum absolute atomic E-state index is 10.7. The number of alkyl carbamates (subject to hydrolysis) is 1. The summed E-state index contributed by atoms with van der Waals surface area (Å²) in [6.07, 6.45) is -1.10. The number of carbonyl (C=O) groups is 2. The van der Waals surface area contributed by atoms with E-state index in [2.05, 4.69) is 4.74 Å². The fourth-order valence-electron chi connectivity index (χ4n) is 0.850. The normalized spacial score (nSPS) is 14.3. The van der Waals surface area contributed by atoms with Gasteiger partial charge in [-0.2, -0.15) is 0 Å². The minimum Gasteiger partial charge on any atom is -0.480 e. The van der Waals surface area contributed by atoms with Crippen LogP contribution in [0.1, 0.15) is 13.3 Å². The lowest BCUT2D eigenvalue weighted by atomic mass is 10.2. The largest absolute Gasteiger partial charge is 0.480 e. The van der Waals surface area contributed by atoms with Crippen molar-refractivity contribution in [1.82, 2.24) is 5.32 Å². The van der Waals surface area contributed by atoms with Crippen molar-refractivity contribution in [3.8, 4) is 0 Å². The highest BCUT2D eigenvalue weighted by Crippen LogP contribution is 2.02. The Morgan fingerprint density at radius 2 is 2.00 bits per heavy atom. The van der Waals surface area contributed by atoms with Gasteiger partial charge in [-0.05, 0) is 13.3 Å². The molecule has 2 N–H and O–H groups in total. The van der Waals surface area contributed by atoms with Crippen molar-refractivity contribution in [2.75, 3.05) is 7.11 Å². The van der Waals surface area contributed by atoms with Crippen LogP contribution in [0.3, 0.4) is 0 Å². The molecule has 0 aliphatic rings. The maximum atomic E-state index is 10.7. The van der Waals surface area contributed by atoms with E-state index in [4.69, 9.17) is 5.11 Å². The van der Waals surface area contributed by atoms with E-state index in [1.807, 2.05) is 5.32 Å². The molecule has 0 rings (SSSR count). The molecule has 15 heavy (non-hydrogen) atoms. The van der Waals surface area contributed by atoms with Crippen LogP contribution in [0.25, 0.3) is 0 Å². The van der Waals surface area contributed by atoms with Gasteiger partial charge in [0.05, 0.1) is 12.4 Å². The number of nitrogens with one attached hydrogen (secondary N) is 1. The predicted octanol–water partition coefficient (Wildman–Crippen LogP) is -0.814. The summed E-state index contributed by atoms with van der Waals surface area (Å²) in [6.45, 7) is 1.36. The van der Waals surface area contributed by atoms with Crippen LogP contribution in [-0.2, 0) is 20.2 Å². The highest BCUT2D eigenvalue weighted by Gasteiger charge is 2.23. The monoisotopic (exact) mass is 239 g/mol. The van der Waals surface area contributed by atoms with Gasteiger partial charge in [-0.15, -0.1) is 0 Å². The summed E-state index contributed by atoms with van der Waals surface area (Å²) in [5, 5.41) is 9.88. The summed E-state index contributed by atoms with van der Waals surface area (Å²) >= 11 is 0. The number of carbonyl (C=O) groups excluding carboxylic acids is 1. The first-order valence-corrected chi connectivity index (χ1v) is 5.34. The van der Waals surface area contributed by atoms with Gasteiger partial charge in [-0.1, -0.05) is 0 Å². The standard InChI is InChI=1S/C7H13NO6S/c1-4(15(12)13)3-5(6(9)10)8-7(11)14-2/h4-5,15H,3H2,1-2H3,(H,8,11)(H,9,10). The molecule has 7 nitrogen and oxygen atoms in total. The van der Waals surface area contributed by atoms with E-state index < -0.39 is 34.1 Å². The van der Waals surface area contributed by atoms with E-state index in [-0.39, 0.29) is 6.42 Å². The lowest BCUT2D eigenvalue weighted by molar-refractivity contribution is -0.139. The predicted molar refractivity (Wildman–Crippen MR) is 51.4 cm³/mol. The Kier molecular flexibility index (Phi) is 5.68. The number of hydrogen-bond donors (Lipinski definition) is 3. The third kappa shape index (κ3) is 5.21. The van der Waals surface area contributed by atoms with Crippen molar-refractivity contribution in [3.05, 3.63) is 0 Å². The molecule has 0 heterocycles. The van der Waals surface area contributed by atoms with Gasteiger partial charge >= 0.3 is 12.1 Å². The molecule has 0 radical (unpaired) electrons.